The summed E-state index contributed by atoms with van der Waals surface area (Å²) in [5.41, 5.74) is 9.02. The quantitative estimate of drug-likeness (QED) is 0.653. The summed E-state index contributed by atoms with van der Waals surface area (Å²) < 4.78 is 0. The molecule has 0 amide bonds. The molecule has 4 N–H and O–H groups in total. The van der Waals surface area contributed by atoms with Gasteiger partial charge in [0.1, 0.15) is 5.82 Å². The number of rotatable bonds is 8. The molecule has 2 aromatic heterocycles. The van der Waals surface area contributed by atoms with Crippen molar-refractivity contribution in [2.75, 3.05) is 30.7 Å². The van der Waals surface area contributed by atoms with Crippen molar-refractivity contribution < 1.29 is 0 Å². The Morgan fingerprint density at radius 3 is 2.77 bits per heavy atom. The minimum atomic E-state index is 0.468. The van der Waals surface area contributed by atoms with Gasteiger partial charge in [-0.05, 0) is 49.6 Å². The van der Waals surface area contributed by atoms with Crippen LogP contribution in [0.2, 0.25) is 0 Å². The highest BCUT2D eigenvalue weighted by Crippen LogP contribution is 2.14. The fraction of sp³-hybridized carbons (Fsp3) is 0.412. The van der Waals surface area contributed by atoms with Gasteiger partial charge in [-0.15, -0.1) is 0 Å². The molecule has 0 bridgehead atoms. The van der Waals surface area contributed by atoms with E-state index in [1.54, 1.807) is 6.20 Å². The molecule has 0 aromatic carbocycles. The first kappa shape index (κ1) is 16.2. The fourth-order valence-corrected chi connectivity index (χ4v) is 2.21. The summed E-state index contributed by atoms with van der Waals surface area (Å²) >= 11 is 0. The van der Waals surface area contributed by atoms with E-state index < -0.39 is 0 Å². The van der Waals surface area contributed by atoms with Gasteiger partial charge in [0.15, 0.2) is 0 Å². The molecule has 0 aliphatic carbocycles. The summed E-state index contributed by atoms with van der Waals surface area (Å²) in [5, 5.41) is 6.79. The van der Waals surface area contributed by atoms with Crippen LogP contribution in [-0.2, 0) is 0 Å². The minimum absolute atomic E-state index is 0.468. The molecule has 5 heteroatoms. The van der Waals surface area contributed by atoms with Crippen LogP contribution in [0.15, 0.2) is 36.7 Å². The van der Waals surface area contributed by atoms with Gasteiger partial charge in [0.25, 0.3) is 0 Å². The van der Waals surface area contributed by atoms with Crippen LogP contribution in [0.4, 0.5) is 11.5 Å². The fourth-order valence-electron chi connectivity index (χ4n) is 2.21. The smallest absolute Gasteiger partial charge is 0.146 e. The lowest BCUT2D eigenvalue weighted by Crippen LogP contribution is -2.23. The van der Waals surface area contributed by atoms with Gasteiger partial charge < -0.3 is 16.4 Å². The standard InChI is InChI=1S/C17H25N5/c1-13(15-7-6-14(2)22-12-15)11-19-8-4-10-20-16-5-3-9-21-17(16)18/h3,5-7,9,12-13,19-20H,4,8,10-11H2,1-2H3,(H2,18,21)/t13-/m1/s1. The monoisotopic (exact) mass is 299 g/mol. The lowest BCUT2D eigenvalue weighted by molar-refractivity contribution is 0.602. The van der Waals surface area contributed by atoms with Crippen molar-refractivity contribution in [3.05, 3.63) is 47.9 Å². The Bertz CT molecular complexity index is 568. The van der Waals surface area contributed by atoms with E-state index >= 15 is 0 Å². The Hall–Kier alpha value is -2.14. The molecule has 0 fully saturated rings. The van der Waals surface area contributed by atoms with Gasteiger partial charge in [0.2, 0.25) is 0 Å². The Balaban J connectivity index is 1.61. The van der Waals surface area contributed by atoms with Gasteiger partial charge >= 0.3 is 0 Å². The van der Waals surface area contributed by atoms with Crippen LogP contribution in [0.25, 0.3) is 0 Å². The van der Waals surface area contributed by atoms with Gasteiger partial charge in [0.05, 0.1) is 5.69 Å². The van der Waals surface area contributed by atoms with E-state index in [2.05, 4.69) is 39.7 Å². The number of hydrogen-bond donors (Lipinski definition) is 3. The topological polar surface area (TPSA) is 75.9 Å². The maximum atomic E-state index is 5.78. The van der Waals surface area contributed by atoms with Crippen LogP contribution < -0.4 is 16.4 Å². The number of nitrogens with one attached hydrogen (secondary N) is 2. The molecule has 0 radical (unpaired) electrons. The van der Waals surface area contributed by atoms with Crippen molar-refractivity contribution in [2.24, 2.45) is 0 Å². The molecule has 0 spiro atoms. The SMILES string of the molecule is Cc1ccc([C@H](C)CNCCCNc2cccnc2N)cn1. The predicted octanol–water partition coefficient (Wildman–Crippen LogP) is 2.56. The Morgan fingerprint density at radius 2 is 2.05 bits per heavy atom. The third kappa shape index (κ3) is 5.00. The zero-order valence-corrected chi connectivity index (χ0v) is 13.3. The Morgan fingerprint density at radius 1 is 1.18 bits per heavy atom. The first-order valence-corrected chi connectivity index (χ1v) is 7.74. The summed E-state index contributed by atoms with van der Waals surface area (Å²) in [6, 6.07) is 8.05. The number of aromatic nitrogens is 2. The van der Waals surface area contributed by atoms with Gasteiger partial charge in [-0.25, -0.2) is 4.98 Å². The molecule has 0 aliphatic rings. The second kappa shape index (κ2) is 8.34. The van der Waals surface area contributed by atoms with Crippen LogP contribution in [0.3, 0.4) is 0 Å². The van der Waals surface area contributed by atoms with E-state index in [1.165, 1.54) is 5.56 Å². The van der Waals surface area contributed by atoms with Crippen molar-refractivity contribution in [2.45, 2.75) is 26.2 Å². The summed E-state index contributed by atoms with van der Waals surface area (Å²) in [7, 11) is 0. The Kier molecular flexibility index (Phi) is 6.15. The van der Waals surface area contributed by atoms with Gasteiger partial charge in [-0.1, -0.05) is 13.0 Å². The van der Waals surface area contributed by atoms with Crippen LogP contribution in [0, 0.1) is 6.92 Å². The van der Waals surface area contributed by atoms with E-state index in [0.717, 1.165) is 37.4 Å². The van der Waals surface area contributed by atoms with E-state index in [-0.39, 0.29) is 0 Å². The van der Waals surface area contributed by atoms with Crippen molar-refractivity contribution in [3.8, 4) is 0 Å². The van der Waals surface area contributed by atoms with E-state index in [4.69, 9.17) is 5.73 Å². The third-order valence-electron chi connectivity index (χ3n) is 3.64. The summed E-state index contributed by atoms with van der Waals surface area (Å²) in [6.45, 7) is 7.03. The number of pyridine rings is 2. The summed E-state index contributed by atoms with van der Waals surface area (Å²) in [5.74, 6) is 1.02. The predicted molar refractivity (Wildman–Crippen MR) is 92.0 cm³/mol. The lowest BCUT2D eigenvalue weighted by atomic mass is 10.0. The average molecular weight is 299 g/mol. The summed E-state index contributed by atoms with van der Waals surface area (Å²) in [4.78, 5) is 8.39. The van der Waals surface area contributed by atoms with E-state index in [1.807, 2.05) is 25.3 Å². The number of nitrogens with zero attached hydrogens (tertiary/aromatic N) is 2. The highest BCUT2D eigenvalue weighted by atomic mass is 15.0. The molecule has 0 aliphatic heterocycles. The number of anilines is 2. The second-order valence-electron chi connectivity index (χ2n) is 5.55. The molecule has 118 valence electrons. The summed E-state index contributed by atoms with van der Waals surface area (Å²) in [6.07, 6.45) is 4.70. The minimum Gasteiger partial charge on any atom is -0.382 e. The van der Waals surface area contributed by atoms with Crippen LogP contribution >= 0.6 is 0 Å². The Labute approximate surface area is 132 Å². The maximum absolute atomic E-state index is 5.78. The molecular weight excluding hydrogens is 274 g/mol. The third-order valence-corrected chi connectivity index (χ3v) is 3.64. The molecule has 5 nitrogen and oxygen atoms in total. The second-order valence-corrected chi connectivity index (χ2v) is 5.55. The van der Waals surface area contributed by atoms with Gasteiger partial charge in [0, 0.05) is 31.2 Å². The number of nitrogen functional groups attached to an aromatic ring is 1. The zero-order valence-electron chi connectivity index (χ0n) is 13.3. The molecule has 22 heavy (non-hydrogen) atoms. The normalized spacial score (nSPS) is 12.1. The van der Waals surface area contributed by atoms with E-state index in [9.17, 15) is 0 Å². The van der Waals surface area contributed by atoms with Crippen molar-refractivity contribution in [1.82, 2.24) is 15.3 Å². The highest BCUT2D eigenvalue weighted by Gasteiger charge is 2.05. The molecule has 2 heterocycles. The molecule has 2 rings (SSSR count). The maximum Gasteiger partial charge on any atom is 0.146 e. The molecule has 2 aromatic rings. The van der Waals surface area contributed by atoms with Crippen LogP contribution in [-0.4, -0.2) is 29.6 Å². The molecule has 0 unspecified atom stereocenters. The molecule has 0 saturated heterocycles. The van der Waals surface area contributed by atoms with Crippen LogP contribution in [0.1, 0.15) is 30.5 Å². The molecule has 1 atom stereocenters. The van der Waals surface area contributed by atoms with Crippen molar-refractivity contribution in [1.29, 1.82) is 0 Å². The number of nitrogens with two attached hydrogens (primary N) is 1. The van der Waals surface area contributed by atoms with Crippen LogP contribution in [0.5, 0.6) is 0 Å². The first-order valence-electron chi connectivity index (χ1n) is 7.74. The molecular formula is C17H25N5. The van der Waals surface area contributed by atoms with Gasteiger partial charge in [-0.2, -0.15) is 0 Å². The highest BCUT2D eigenvalue weighted by molar-refractivity contribution is 5.60. The first-order chi connectivity index (χ1) is 10.7. The van der Waals surface area contributed by atoms with E-state index in [0.29, 0.717) is 11.7 Å². The zero-order chi connectivity index (χ0) is 15.8. The largest absolute Gasteiger partial charge is 0.382 e. The number of hydrogen-bond acceptors (Lipinski definition) is 5. The van der Waals surface area contributed by atoms with Crippen molar-refractivity contribution in [3.63, 3.8) is 0 Å². The average Bonchev–Trinajstić information content (AvgIpc) is 2.53. The molecule has 0 saturated carbocycles. The number of aryl methyl sites for hydroxylation is 1. The van der Waals surface area contributed by atoms with Crippen molar-refractivity contribution >= 4 is 11.5 Å². The van der Waals surface area contributed by atoms with Gasteiger partial charge in [-0.3, -0.25) is 4.98 Å². The lowest BCUT2D eigenvalue weighted by Gasteiger charge is -2.13.